The highest BCUT2D eigenvalue weighted by Gasteiger charge is 2.28. The van der Waals surface area contributed by atoms with Gasteiger partial charge in [0.1, 0.15) is 5.69 Å². The van der Waals surface area contributed by atoms with Gasteiger partial charge in [0.2, 0.25) is 0 Å². The topological polar surface area (TPSA) is 38.9 Å². The number of nitrogens with zero attached hydrogens (tertiary/aromatic N) is 1. The molecule has 2 nitrogen and oxygen atoms in total. The summed E-state index contributed by atoms with van der Waals surface area (Å²) in [6.07, 6.45) is 1.34. The van der Waals surface area contributed by atoms with Gasteiger partial charge in [0.25, 0.3) is 0 Å². The molecule has 0 aromatic carbocycles. The van der Waals surface area contributed by atoms with Crippen LogP contribution in [0.2, 0.25) is 0 Å². The standard InChI is InChI=1S/C7H7BrF2N2/c8-7(9,10)6-2-1-5(3-11)4-12-6/h1-2,4H,3,11H2. The summed E-state index contributed by atoms with van der Waals surface area (Å²) in [5.41, 5.74) is 5.70. The van der Waals surface area contributed by atoms with E-state index in [2.05, 4.69) is 20.9 Å². The minimum atomic E-state index is -3.06. The van der Waals surface area contributed by atoms with Crippen molar-refractivity contribution in [2.75, 3.05) is 0 Å². The van der Waals surface area contributed by atoms with Crippen molar-refractivity contribution in [3.05, 3.63) is 29.6 Å². The molecule has 66 valence electrons. The van der Waals surface area contributed by atoms with E-state index in [0.717, 1.165) is 5.56 Å². The zero-order valence-corrected chi connectivity index (χ0v) is 7.68. The molecule has 1 heterocycles. The van der Waals surface area contributed by atoms with Crippen molar-refractivity contribution in [3.63, 3.8) is 0 Å². The van der Waals surface area contributed by atoms with Gasteiger partial charge < -0.3 is 5.73 Å². The highest BCUT2D eigenvalue weighted by molar-refractivity contribution is 9.09. The largest absolute Gasteiger partial charge is 0.343 e. The van der Waals surface area contributed by atoms with Gasteiger partial charge in [-0.3, -0.25) is 4.98 Å². The smallest absolute Gasteiger partial charge is 0.326 e. The molecule has 1 rings (SSSR count). The molecule has 5 heteroatoms. The van der Waals surface area contributed by atoms with Crippen molar-refractivity contribution >= 4 is 15.9 Å². The maximum atomic E-state index is 12.5. The number of hydrogen-bond donors (Lipinski definition) is 1. The molecule has 1 aromatic heterocycles. The van der Waals surface area contributed by atoms with E-state index in [1.165, 1.54) is 18.3 Å². The molecule has 0 fully saturated rings. The van der Waals surface area contributed by atoms with Crippen LogP contribution in [0.3, 0.4) is 0 Å². The van der Waals surface area contributed by atoms with E-state index in [4.69, 9.17) is 5.73 Å². The average Bonchev–Trinajstić information content (AvgIpc) is 2.03. The van der Waals surface area contributed by atoms with Crippen molar-refractivity contribution < 1.29 is 8.78 Å². The van der Waals surface area contributed by atoms with E-state index >= 15 is 0 Å². The number of aromatic nitrogens is 1. The second-order valence-electron chi connectivity index (χ2n) is 2.25. The summed E-state index contributed by atoms with van der Waals surface area (Å²) in [6, 6.07) is 2.77. The number of pyridine rings is 1. The van der Waals surface area contributed by atoms with Crippen molar-refractivity contribution in [1.29, 1.82) is 0 Å². The van der Waals surface area contributed by atoms with Crippen LogP contribution >= 0.6 is 15.9 Å². The summed E-state index contributed by atoms with van der Waals surface area (Å²) in [5.74, 6) is 0. The zero-order chi connectivity index (χ0) is 9.19. The minimum absolute atomic E-state index is 0.306. The Morgan fingerprint density at radius 1 is 1.50 bits per heavy atom. The van der Waals surface area contributed by atoms with Gasteiger partial charge in [0, 0.05) is 12.7 Å². The van der Waals surface area contributed by atoms with Gasteiger partial charge in [-0.05, 0) is 27.6 Å². The lowest BCUT2D eigenvalue weighted by Gasteiger charge is -2.06. The van der Waals surface area contributed by atoms with E-state index in [9.17, 15) is 8.78 Å². The normalized spacial score (nSPS) is 11.7. The van der Waals surface area contributed by atoms with E-state index in [-0.39, 0.29) is 5.69 Å². The lowest BCUT2D eigenvalue weighted by molar-refractivity contribution is 0.109. The van der Waals surface area contributed by atoms with E-state index < -0.39 is 4.83 Å². The third-order valence-corrected chi connectivity index (χ3v) is 1.76. The van der Waals surface area contributed by atoms with Crippen LogP contribution in [0.1, 0.15) is 11.3 Å². The molecule has 2 N–H and O–H groups in total. The molecule has 0 saturated heterocycles. The molecule has 0 amide bonds. The SMILES string of the molecule is NCc1ccc(C(F)(F)Br)nc1. The highest BCUT2D eigenvalue weighted by Crippen LogP contribution is 2.32. The van der Waals surface area contributed by atoms with E-state index in [1.54, 1.807) is 0 Å². The predicted molar refractivity (Wildman–Crippen MR) is 44.9 cm³/mol. The zero-order valence-electron chi connectivity index (χ0n) is 6.10. The Balaban J connectivity index is 2.93. The third kappa shape index (κ3) is 2.22. The Bertz CT molecular complexity index is 255. The molecular formula is C7H7BrF2N2. The second kappa shape index (κ2) is 3.45. The van der Waals surface area contributed by atoms with Crippen LogP contribution in [0, 0.1) is 0 Å². The Morgan fingerprint density at radius 3 is 2.50 bits per heavy atom. The highest BCUT2D eigenvalue weighted by atomic mass is 79.9. The van der Waals surface area contributed by atoms with E-state index in [1.807, 2.05) is 0 Å². The monoisotopic (exact) mass is 236 g/mol. The van der Waals surface area contributed by atoms with Gasteiger partial charge in [-0.2, -0.15) is 8.78 Å². The summed E-state index contributed by atoms with van der Waals surface area (Å²) in [4.78, 5) is 0.488. The van der Waals surface area contributed by atoms with Crippen molar-refractivity contribution in [2.45, 2.75) is 11.4 Å². The fourth-order valence-corrected chi connectivity index (χ4v) is 0.947. The van der Waals surface area contributed by atoms with Gasteiger partial charge in [-0.1, -0.05) is 6.07 Å². The maximum Gasteiger partial charge on any atom is 0.343 e. The molecule has 0 aliphatic rings. The van der Waals surface area contributed by atoms with Gasteiger partial charge in [0.15, 0.2) is 0 Å². The van der Waals surface area contributed by atoms with Gasteiger partial charge >= 0.3 is 4.83 Å². The van der Waals surface area contributed by atoms with Crippen molar-refractivity contribution in [1.82, 2.24) is 4.98 Å². The maximum absolute atomic E-state index is 12.5. The molecule has 0 spiro atoms. The molecule has 0 bridgehead atoms. The van der Waals surface area contributed by atoms with Crippen molar-refractivity contribution in [2.24, 2.45) is 5.73 Å². The fourth-order valence-electron chi connectivity index (χ4n) is 0.713. The molecule has 0 radical (unpaired) electrons. The first-order valence-corrected chi connectivity index (χ1v) is 4.05. The molecule has 0 atom stereocenters. The molecule has 0 saturated carbocycles. The quantitative estimate of drug-likeness (QED) is 0.798. The van der Waals surface area contributed by atoms with Crippen LogP contribution in [0.15, 0.2) is 18.3 Å². The Hall–Kier alpha value is -0.550. The first-order chi connectivity index (χ1) is 5.54. The predicted octanol–water partition coefficient (Wildman–Crippen LogP) is 1.98. The van der Waals surface area contributed by atoms with Crippen LogP contribution in [-0.4, -0.2) is 4.98 Å². The van der Waals surface area contributed by atoms with Crippen LogP contribution in [-0.2, 0) is 11.4 Å². The minimum Gasteiger partial charge on any atom is -0.326 e. The number of hydrogen-bond acceptors (Lipinski definition) is 2. The van der Waals surface area contributed by atoms with Gasteiger partial charge in [0.05, 0.1) is 0 Å². The Labute approximate surface area is 76.9 Å². The number of alkyl halides is 3. The van der Waals surface area contributed by atoms with Crippen LogP contribution in [0.5, 0.6) is 0 Å². The summed E-state index contributed by atoms with van der Waals surface area (Å²) in [5, 5.41) is 0. The molecule has 12 heavy (non-hydrogen) atoms. The molecule has 0 aliphatic heterocycles. The summed E-state index contributed by atoms with van der Waals surface area (Å²) in [7, 11) is 0. The first-order valence-electron chi connectivity index (χ1n) is 3.26. The Morgan fingerprint density at radius 2 is 2.17 bits per heavy atom. The van der Waals surface area contributed by atoms with Gasteiger partial charge in [-0.15, -0.1) is 0 Å². The summed E-state index contributed by atoms with van der Waals surface area (Å²) in [6.45, 7) is 0.307. The first kappa shape index (κ1) is 9.54. The van der Waals surface area contributed by atoms with Crippen LogP contribution in [0.25, 0.3) is 0 Å². The lowest BCUT2D eigenvalue weighted by atomic mass is 10.2. The number of nitrogens with two attached hydrogens (primary N) is 1. The van der Waals surface area contributed by atoms with E-state index in [0.29, 0.717) is 6.54 Å². The number of rotatable bonds is 2. The van der Waals surface area contributed by atoms with Crippen LogP contribution in [0.4, 0.5) is 8.78 Å². The molecule has 1 aromatic rings. The van der Waals surface area contributed by atoms with Gasteiger partial charge in [-0.25, -0.2) is 0 Å². The summed E-state index contributed by atoms with van der Waals surface area (Å²) < 4.78 is 25.0. The average molecular weight is 237 g/mol. The molecule has 0 aliphatic carbocycles. The second-order valence-corrected chi connectivity index (χ2v) is 3.25. The molecule has 0 unspecified atom stereocenters. The summed E-state index contributed by atoms with van der Waals surface area (Å²) >= 11 is 2.21. The third-order valence-electron chi connectivity index (χ3n) is 1.35. The Kier molecular flexibility index (Phi) is 2.74. The van der Waals surface area contributed by atoms with Crippen LogP contribution < -0.4 is 5.73 Å². The fraction of sp³-hybridized carbons (Fsp3) is 0.286. The molecular weight excluding hydrogens is 230 g/mol. The lowest BCUT2D eigenvalue weighted by Crippen LogP contribution is -2.06. The number of halogens is 3. The van der Waals surface area contributed by atoms with Crippen molar-refractivity contribution in [3.8, 4) is 0 Å².